The van der Waals surface area contributed by atoms with E-state index in [2.05, 4.69) is 34.2 Å². The summed E-state index contributed by atoms with van der Waals surface area (Å²) in [6, 6.07) is 27.4. The van der Waals surface area contributed by atoms with Gasteiger partial charge in [0, 0.05) is 129 Å². The summed E-state index contributed by atoms with van der Waals surface area (Å²) >= 11 is 0. The molecular formula is C70H70I5N7O18-2. The van der Waals surface area contributed by atoms with E-state index in [0.29, 0.717) is 28.0 Å². The van der Waals surface area contributed by atoms with Crippen LogP contribution < -0.4 is 138 Å². The molecule has 10 atom stereocenters. The third-order valence-corrected chi connectivity index (χ3v) is 15.8. The lowest BCUT2D eigenvalue weighted by Gasteiger charge is -2.48. The van der Waals surface area contributed by atoms with E-state index >= 15 is 0 Å². The van der Waals surface area contributed by atoms with Crippen molar-refractivity contribution in [2.75, 3.05) is 13.2 Å². The number of aromatic nitrogens is 7. The second kappa shape index (κ2) is 36.2. The van der Waals surface area contributed by atoms with Crippen LogP contribution in [0.3, 0.4) is 0 Å². The summed E-state index contributed by atoms with van der Waals surface area (Å²) in [5.41, 5.74) is 12.6. The van der Waals surface area contributed by atoms with Crippen LogP contribution in [0.2, 0.25) is 0 Å². The Kier molecular flexibility index (Phi) is 29.6. The first-order chi connectivity index (χ1) is 45.5. The number of rotatable bonds is 17. The van der Waals surface area contributed by atoms with Crippen LogP contribution in [0.5, 0.6) is 5.75 Å². The summed E-state index contributed by atoms with van der Waals surface area (Å²) in [5.74, 6) is -5.91. The molecule has 4 aliphatic rings. The maximum absolute atomic E-state index is 13.3. The number of nitrogens with zero attached hydrogens (tertiary/aromatic N) is 5. The number of H-pyrrole nitrogens is 2. The molecule has 10 heterocycles. The Morgan fingerprint density at radius 3 is 1.00 bits per heavy atom. The Balaban J connectivity index is 0.00000315. The van der Waals surface area contributed by atoms with E-state index in [9.17, 15) is 33.6 Å². The van der Waals surface area contributed by atoms with Gasteiger partial charge in [-0.15, -0.1) is 0 Å². The Hall–Kier alpha value is -7.11. The van der Waals surface area contributed by atoms with E-state index in [1.807, 2.05) is 145 Å². The van der Waals surface area contributed by atoms with Gasteiger partial charge in [0.2, 0.25) is 12.4 Å². The first-order valence-electron chi connectivity index (χ1n) is 30.4. The highest BCUT2D eigenvalue weighted by Gasteiger charge is 2.58. The van der Waals surface area contributed by atoms with Gasteiger partial charge >= 0.3 is 41.8 Å². The number of ether oxygens (including phenoxy) is 11. The van der Waals surface area contributed by atoms with Crippen molar-refractivity contribution in [3.8, 4) is 50.3 Å². The van der Waals surface area contributed by atoms with Crippen LogP contribution in [0.25, 0.3) is 90.9 Å². The van der Waals surface area contributed by atoms with Crippen LogP contribution in [-0.4, -0.2) is 136 Å². The minimum Gasteiger partial charge on any atom is -1.00 e. The molecule has 2 N–H and O–H groups in total. The number of carbonyl (C=O) groups is 7. The fourth-order valence-corrected chi connectivity index (χ4v) is 11.8. The number of carbonyl (C=O) groups excluding carboxylic acids is 7. The number of aromatic amines is 2. The largest absolute Gasteiger partial charge is 1.00 e. The molecule has 1 aromatic carbocycles. The number of benzene rings is 1. The average Bonchev–Trinajstić information content (AvgIpc) is 1.35. The number of halogens is 5. The van der Waals surface area contributed by atoms with Gasteiger partial charge in [-0.25, -0.2) is 23.7 Å². The van der Waals surface area contributed by atoms with E-state index in [1.54, 1.807) is 12.1 Å². The Morgan fingerprint density at radius 1 is 0.370 bits per heavy atom. The first kappa shape index (κ1) is 81.9. The molecule has 0 saturated carbocycles. The number of hydrogen-bond acceptors (Lipinski definition) is 20. The summed E-state index contributed by atoms with van der Waals surface area (Å²) in [5, 5.41) is 0. The molecule has 25 nitrogen and oxygen atoms in total. The number of esters is 7. The predicted molar refractivity (Wildman–Crippen MR) is 338 cm³/mol. The Morgan fingerprint density at radius 2 is 0.660 bits per heavy atom. The fourth-order valence-electron chi connectivity index (χ4n) is 11.8. The summed E-state index contributed by atoms with van der Waals surface area (Å²) in [4.78, 5) is 108. The van der Waals surface area contributed by atoms with E-state index in [4.69, 9.17) is 62.1 Å². The SMILES string of the molecule is CC(=O)OC[C@H]1O[C@H](O[C@H]2[C@H](OC(C)=O)[C@@H](OC(C)=O)[C@H](Oc3ccc(-c4c5nc(c(-c6cc[n+](C)cc6)c6ccc([nH]6)c(-c6cc[n+](C)cc6)c6nc(c(-c7cc[n+](C)cc7)c7ccc4[nH]7)C=C6)C=C5)cc3)O[C@@H]2COC(C)=O)[C@H](OC(C)=O)[C@@H](OC(C)=O)[C@@H]1OC(C)=O.[I-].[I-].[I-].[I-].[I-]. The Labute approximate surface area is 660 Å². The minimum absolute atomic E-state index is 0. The highest BCUT2D eigenvalue weighted by atomic mass is 127. The zero-order chi connectivity index (χ0) is 67.4. The maximum atomic E-state index is 13.3. The number of nitrogens with one attached hydrogen (secondary N) is 2. The molecule has 8 bridgehead atoms. The number of pyridine rings is 3. The lowest BCUT2D eigenvalue weighted by atomic mass is 9.96. The van der Waals surface area contributed by atoms with E-state index in [-0.39, 0.29) is 126 Å². The Bertz CT molecular complexity index is 4340. The van der Waals surface area contributed by atoms with Crippen LogP contribution in [0, 0.1) is 0 Å². The van der Waals surface area contributed by atoms with Gasteiger partial charge in [-0.2, -0.15) is 0 Å². The van der Waals surface area contributed by atoms with Crippen LogP contribution >= 0.6 is 0 Å². The van der Waals surface area contributed by atoms with Gasteiger partial charge in [-0.05, 0) is 83.0 Å². The monoisotopic (exact) mass is 1930 g/mol. The highest BCUT2D eigenvalue weighted by molar-refractivity contribution is 5.99. The van der Waals surface area contributed by atoms with Crippen molar-refractivity contribution in [1.29, 1.82) is 0 Å². The zero-order valence-corrected chi connectivity index (χ0v) is 66.3. The normalized spacial score (nSPS) is 20.1. The number of fused-ring (bicyclic) bond motifs is 8. The fraction of sp³-hybridized carbons (Fsp3) is 0.314. The molecule has 7 aromatic rings. The average molecular weight is 1930 g/mol. The summed E-state index contributed by atoms with van der Waals surface area (Å²) in [6.45, 7) is 6.34. The molecule has 0 radical (unpaired) electrons. The first-order valence-corrected chi connectivity index (χ1v) is 30.4. The smallest absolute Gasteiger partial charge is 0.303 e. The van der Waals surface area contributed by atoms with E-state index in [1.165, 1.54) is 0 Å². The van der Waals surface area contributed by atoms with E-state index < -0.39 is 116 Å². The van der Waals surface area contributed by atoms with Crippen LogP contribution in [0.1, 0.15) is 71.2 Å². The van der Waals surface area contributed by atoms with Crippen LogP contribution in [0.15, 0.2) is 122 Å². The molecule has 0 aliphatic carbocycles. The topological polar surface area (TPSA) is 290 Å². The molecule has 2 fully saturated rings. The lowest BCUT2D eigenvalue weighted by Crippen LogP contribution is -3.00. The van der Waals surface area contributed by atoms with Crippen molar-refractivity contribution >= 4 is 88.2 Å². The van der Waals surface area contributed by atoms with Crippen molar-refractivity contribution in [3.63, 3.8) is 0 Å². The van der Waals surface area contributed by atoms with Gasteiger partial charge in [0.1, 0.15) is 58.4 Å². The molecule has 100 heavy (non-hydrogen) atoms. The highest BCUT2D eigenvalue weighted by Crippen LogP contribution is 2.41. The van der Waals surface area contributed by atoms with Gasteiger partial charge in [0.25, 0.3) is 0 Å². The predicted octanol–water partition coefficient (Wildman–Crippen LogP) is -8.18. The molecule has 0 amide bonds. The second-order valence-corrected chi connectivity index (χ2v) is 23.1. The van der Waals surface area contributed by atoms with Gasteiger partial charge in [0.15, 0.2) is 67.9 Å². The quantitative estimate of drug-likeness (QED) is 0.0371. The third kappa shape index (κ3) is 19.3. The lowest BCUT2D eigenvalue weighted by molar-refractivity contribution is -0.671. The van der Waals surface area contributed by atoms with E-state index in [0.717, 1.165) is 110 Å². The molecule has 2 saturated heterocycles. The zero-order valence-electron chi connectivity index (χ0n) is 55.5. The van der Waals surface area contributed by atoms with Crippen LogP contribution in [-0.2, 0) is 102 Å². The van der Waals surface area contributed by atoms with Crippen molar-refractivity contribution in [1.82, 2.24) is 19.9 Å². The van der Waals surface area contributed by atoms with Crippen molar-refractivity contribution in [2.45, 2.75) is 110 Å². The summed E-state index contributed by atoms with van der Waals surface area (Å²) < 4.78 is 71.3. The molecule has 530 valence electrons. The number of aryl methyl sites for hydroxylation is 3. The van der Waals surface area contributed by atoms with Gasteiger partial charge in [-0.3, -0.25) is 33.6 Å². The minimum atomic E-state index is -1.88. The molecule has 6 aromatic heterocycles. The molecule has 0 spiro atoms. The second-order valence-electron chi connectivity index (χ2n) is 23.1. The molecule has 0 unspecified atom stereocenters. The molecule has 11 rings (SSSR count). The van der Waals surface area contributed by atoms with Crippen molar-refractivity contribution in [3.05, 3.63) is 145 Å². The molecule has 30 heteroatoms. The van der Waals surface area contributed by atoms with Crippen molar-refractivity contribution in [2.24, 2.45) is 21.1 Å². The maximum Gasteiger partial charge on any atom is 0.303 e. The van der Waals surface area contributed by atoms with Gasteiger partial charge in [0.05, 0.1) is 22.8 Å². The van der Waals surface area contributed by atoms with Gasteiger partial charge < -0.3 is 182 Å². The summed E-state index contributed by atoms with van der Waals surface area (Å²) in [7, 11) is 5.89. The third-order valence-electron chi connectivity index (χ3n) is 15.8. The van der Waals surface area contributed by atoms with Gasteiger partial charge in [-0.1, -0.05) is 12.1 Å². The van der Waals surface area contributed by atoms with Crippen molar-refractivity contribution < 1.29 is 219 Å². The van der Waals surface area contributed by atoms with Crippen LogP contribution in [0.4, 0.5) is 0 Å². The standard InChI is InChI=1S/C70H69N7O18.5HI/c1-37(78)85-35-57-63(87-39(3)80)65(88-40(4)81)68(91-43(7)84)70(94-57)95-64-58(36-86-38(2)79)93-69(67(90-42(6)83)66(64)89-41(5)82)92-48-13-11-44(12-14-48)59-49-15-17-51(71-49)60(45-23-29-75(8)30-24-45)53-19-21-55(73-53)62(47-27-33-77(10)34-28-47)56-22-20-54(74-56)61(52-18-16-50(59)72-52)46-25-31-76(9)32-26-46;;;;;/h11-34,57-58,63-70H,35-36H2,1-10H3,(H,71,72,73,74);5*1H/q+2;;;;;/p-4/t57-,58-,63-,64-,65+,66+,67-,68-,69-,70-;;;;;/m1...../s1. The molecular weight excluding hydrogens is 1860 g/mol. The number of hydrogen-bond donors (Lipinski definition) is 2. The molecule has 4 aliphatic heterocycles. The summed E-state index contributed by atoms with van der Waals surface area (Å²) in [6.07, 6.45) is 3.38.